The molecule has 0 spiro atoms. The van der Waals surface area contributed by atoms with Crippen molar-refractivity contribution in [2.24, 2.45) is 5.73 Å². The number of nitrogens with two attached hydrogens (primary N) is 1. The predicted molar refractivity (Wildman–Crippen MR) is 109 cm³/mol. The molecule has 4 unspecified atom stereocenters. The molecule has 0 radical (unpaired) electrons. The normalized spacial score (nSPS) is 14.8. The van der Waals surface area contributed by atoms with E-state index in [9.17, 15) is 19.2 Å². The number of carbonyl (C=O) groups is 4. The summed E-state index contributed by atoms with van der Waals surface area (Å²) in [4.78, 5) is 55.1. The van der Waals surface area contributed by atoms with Crippen LogP contribution in [0.25, 0.3) is 0 Å². The molecule has 8 N–H and O–H groups in total. The lowest BCUT2D eigenvalue weighted by Gasteiger charge is -2.24. The third kappa shape index (κ3) is 8.39. The Labute approximate surface area is 177 Å². The van der Waals surface area contributed by atoms with Crippen molar-refractivity contribution in [3.05, 3.63) is 18.2 Å². The van der Waals surface area contributed by atoms with Crippen LogP contribution in [-0.2, 0) is 25.6 Å². The molecule has 0 aromatic carbocycles. The fourth-order valence-electron chi connectivity index (χ4n) is 2.34. The van der Waals surface area contributed by atoms with Gasteiger partial charge in [-0.25, -0.2) is 4.98 Å². The molecule has 1 rings (SSSR count). The number of carboxylic acids is 1. The number of aliphatic carboxylic acids is 1. The molecule has 1 heterocycles. The van der Waals surface area contributed by atoms with E-state index < -0.39 is 54.5 Å². The van der Waals surface area contributed by atoms with Crippen molar-refractivity contribution in [2.75, 3.05) is 18.6 Å². The van der Waals surface area contributed by atoms with E-state index in [4.69, 9.17) is 15.9 Å². The zero-order valence-corrected chi connectivity index (χ0v) is 17.6. The van der Waals surface area contributed by atoms with Gasteiger partial charge in [0.2, 0.25) is 17.7 Å². The van der Waals surface area contributed by atoms with Crippen molar-refractivity contribution in [1.82, 2.24) is 25.9 Å². The molecule has 168 valence electrons. The summed E-state index contributed by atoms with van der Waals surface area (Å²) in [6.45, 7) is 0.710. The first-order chi connectivity index (χ1) is 14.2. The van der Waals surface area contributed by atoms with Gasteiger partial charge in [0.15, 0.2) is 0 Å². The number of aliphatic hydroxyl groups excluding tert-OH is 1. The first kappa shape index (κ1) is 25.4. The van der Waals surface area contributed by atoms with Crippen LogP contribution in [0.3, 0.4) is 0 Å². The summed E-state index contributed by atoms with van der Waals surface area (Å²) in [6.07, 6.45) is 5.01. The Balaban J connectivity index is 2.94. The second kappa shape index (κ2) is 12.8. The number of H-pyrrole nitrogens is 1. The fourth-order valence-corrected chi connectivity index (χ4v) is 2.81. The van der Waals surface area contributed by atoms with Crippen LogP contribution in [-0.4, -0.2) is 86.7 Å². The van der Waals surface area contributed by atoms with Crippen molar-refractivity contribution in [3.63, 3.8) is 0 Å². The average molecular weight is 445 g/mol. The van der Waals surface area contributed by atoms with Crippen molar-refractivity contribution >= 4 is 35.5 Å². The van der Waals surface area contributed by atoms with E-state index >= 15 is 0 Å². The Kier molecular flexibility index (Phi) is 10.9. The van der Waals surface area contributed by atoms with E-state index in [0.717, 1.165) is 0 Å². The number of carboxylic acid groups (broad SMARTS) is 1. The number of aromatic nitrogens is 2. The standard InChI is InChI=1S/C17H28N6O6S/c1-9(17(28)29)21-15(26)12(3-4-30-2)22-16(27)13(5-10-6-19-8-20-10)23-14(25)11(18)7-24/h6,8-9,11-13,24H,3-5,7,18H2,1-2H3,(H,19,20)(H,21,26)(H,22,27)(H,23,25)(H,28,29). The van der Waals surface area contributed by atoms with Crippen LogP contribution in [0.2, 0.25) is 0 Å². The summed E-state index contributed by atoms with van der Waals surface area (Å²) in [6, 6.07) is -4.44. The van der Waals surface area contributed by atoms with Gasteiger partial charge in [-0.3, -0.25) is 19.2 Å². The van der Waals surface area contributed by atoms with E-state index in [1.807, 2.05) is 6.26 Å². The largest absolute Gasteiger partial charge is 0.480 e. The van der Waals surface area contributed by atoms with Crippen molar-refractivity contribution < 1.29 is 29.4 Å². The van der Waals surface area contributed by atoms with E-state index in [2.05, 4.69) is 25.9 Å². The van der Waals surface area contributed by atoms with Gasteiger partial charge in [0.1, 0.15) is 24.2 Å². The fraction of sp³-hybridized carbons (Fsp3) is 0.588. The van der Waals surface area contributed by atoms with Crippen molar-refractivity contribution in [2.45, 2.75) is 43.9 Å². The molecular formula is C17H28N6O6S. The molecule has 0 aliphatic rings. The van der Waals surface area contributed by atoms with E-state index in [0.29, 0.717) is 11.4 Å². The van der Waals surface area contributed by atoms with Crippen LogP contribution in [0.1, 0.15) is 19.0 Å². The number of carbonyl (C=O) groups excluding carboxylic acids is 3. The number of hydrogen-bond acceptors (Lipinski definition) is 8. The summed E-state index contributed by atoms with van der Waals surface area (Å²) < 4.78 is 0. The Morgan fingerprint density at radius 1 is 1.17 bits per heavy atom. The smallest absolute Gasteiger partial charge is 0.325 e. The Bertz CT molecular complexity index is 716. The van der Waals surface area contributed by atoms with E-state index in [-0.39, 0.29) is 12.8 Å². The maximum atomic E-state index is 12.8. The molecule has 1 aromatic heterocycles. The highest BCUT2D eigenvalue weighted by Gasteiger charge is 2.29. The van der Waals surface area contributed by atoms with Crippen molar-refractivity contribution in [3.8, 4) is 0 Å². The number of amides is 3. The molecule has 13 heteroatoms. The summed E-state index contributed by atoms with van der Waals surface area (Å²) in [7, 11) is 0. The van der Waals surface area contributed by atoms with Crippen LogP contribution in [0.15, 0.2) is 12.5 Å². The Morgan fingerprint density at radius 3 is 2.33 bits per heavy atom. The topological polar surface area (TPSA) is 200 Å². The van der Waals surface area contributed by atoms with Crippen LogP contribution in [0, 0.1) is 0 Å². The predicted octanol–water partition coefficient (Wildman–Crippen LogP) is -2.42. The van der Waals surface area contributed by atoms with E-state index in [1.165, 1.54) is 31.2 Å². The van der Waals surface area contributed by atoms with Crippen LogP contribution in [0.4, 0.5) is 0 Å². The molecule has 0 saturated heterocycles. The summed E-state index contributed by atoms with van der Waals surface area (Å²) >= 11 is 1.45. The van der Waals surface area contributed by atoms with Crippen LogP contribution >= 0.6 is 11.8 Å². The van der Waals surface area contributed by atoms with Gasteiger partial charge in [-0.15, -0.1) is 0 Å². The summed E-state index contributed by atoms with van der Waals surface area (Å²) in [5, 5.41) is 25.4. The second-order valence-electron chi connectivity index (χ2n) is 6.54. The lowest BCUT2D eigenvalue weighted by Crippen LogP contribution is -2.57. The zero-order chi connectivity index (χ0) is 22.7. The SMILES string of the molecule is CSCCC(NC(=O)C(Cc1cnc[nH]1)NC(=O)C(N)CO)C(=O)NC(C)C(=O)O. The van der Waals surface area contributed by atoms with Crippen LogP contribution < -0.4 is 21.7 Å². The molecule has 1 aromatic rings. The summed E-state index contributed by atoms with van der Waals surface area (Å²) in [5.41, 5.74) is 6.05. The number of thioether (sulfide) groups is 1. The lowest BCUT2D eigenvalue weighted by molar-refractivity contribution is -0.141. The number of imidazole rings is 1. The highest BCUT2D eigenvalue weighted by atomic mass is 32.2. The van der Waals surface area contributed by atoms with Gasteiger partial charge in [0.25, 0.3) is 0 Å². The minimum atomic E-state index is -1.21. The third-order valence-electron chi connectivity index (χ3n) is 4.12. The first-order valence-electron chi connectivity index (χ1n) is 9.16. The minimum absolute atomic E-state index is 0.0398. The number of nitrogens with zero attached hydrogens (tertiary/aromatic N) is 1. The van der Waals surface area contributed by atoms with Gasteiger partial charge < -0.3 is 36.9 Å². The Hall–Kier alpha value is -2.64. The number of hydrogen-bond donors (Lipinski definition) is 7. The Morgan fingerprint density at radius 2 is 1.80 bits per heavy atom. The molecular weight excluding hydrogens is 416 g/mol. The van der Waals surface area contributed by atoms with Gasteiger partial charge >= 0.3 is 5.97 Å². The quantitative estimate of drug-likeness (QED) is 0.173. The van der Waals surface area contributed by atoms with Gasteiger partial charge in [-0.05, 0) is 25.4 Å². The summed E-state index contributed by atoms with van der Waals surface area (Å²) in [5.74, 6) is -2.71. The van der Waals surface area contributed by atoms with Gasteiger partial charge in [0, 0.05) is 18.3 Å². The van der Waals surface area contributed by atoms with Crippen LogP contribution in [0.5, 0.6) is 0 Å². The molecule has 0 fully saturated rings. The molecule has 0 saturated carbocycles. The van der Waals surface area contributed by atoms with Crippen molar-refractivity contribution in [1.29, 1.82) is 0 Å². The molecule has 4 atom stereocenters. The van der Waals surface area contributed by atoms with Gasteiger partial charge in [-0.1, -0.05) is 0 Å². The molecule has 12 nitrogen and oxygen atoms in total. The average Bonchev–Trinajstić information content (AvgIpc) is 3.22. The molecule has 0 bridgehead atoms. The number of rotatable bonds is 13. The highest BCUT2D eigenvalue weighted by Crippen LogP contribution is 2.05. The molecule has 0 aliphatic carbocycles. The third-order valence-corrected chi connectivity index (χ3v) is 4.76. The molecule has 0 aliphatic heterocycles. The highest BCUT2D eigenvalue weighted by molar-refractivity contribution is 7.98. The molecule has 3 amide bonds. The lowest BCUT2D eigenvalue weighted by atomic mass is 10.1. The maximum Gasteiger partial charge on any atom is 0.325 e. The number of nitrogens with one attached hydrogen (secondary N) is 4. The maximum absolute atomic E-state index is 12.8. The second-order valence-corrected chi connectivity index (χ2v) is 7.53. The minimum Gasteiger partial charge on any atom is -0.480 e. The monoisotopic (exact) mass is 444 g/mol. The molecule has 30 heavy (non-hydrogen) atoms. The van der Waals surface area contributed by atoms with Gasteiger partial charge in [-0.2, -0.15) is 11.8 Å². The zero-order valence-electron chi connectivity index (χ0n) is 16.8. The van der Waals surface area contributed by atoms with E-state index in [1.54, 1.807) is 0 Å². The van der Waals surface area contributed by atoms with Gasteiger partial charge in [0.05, 0.1) is 12.9 Å². The number of aromatic amines is 1. The number of aliphatic hydroxyl groups is 1. The first-order valence-corrected chi connectivity index (χ1v) is 10.6.